The summed E-state index contributed by atoms with van der Waals surface area (Å²) in [5, 5.41) is 19.2. The molecule has 88 valence electrons. The molecule has 0 radical (unpaired) electrons. The Morgan fingerprint density at radius 2 is 1.75 bits per heavy atom. The minimum atomic E-state index is -0.324. The van der Waals surface area contributed by atoms with Crippen LogP contribution in [-0.2, 0) is 6.42 Å². The lowest BCUT2D eigenvalue weighted by atomic mass is 10.0. The number of ketones is 1. The molecule has 1 rings (SSSR count). The standard InChI is InChI=1S/C13H18O3/c1-3-4-5-6-10-7-11(15)13(9(2)14)12(16)8-10/h7-8,15-16H,3-6H2,1-2H3. The van der Waals surface area contributed by atoms with Gasteiger partial charge in [-0.15, -0.1) is 0 Å². The first-order valence-electron chi connectivity index (χ1n) is 5.62. The summed E-state index contributed by atoms with van der Waals surface area (Å²) in [5.41, 5.74) is 0.882. The summed E-state index contributed by atoms with van der Waals surface area (Å²) in [6, 6.07) is 3.12. The lowest BCUT2D eigenvalue weighted by Gasteiger charge is -2.07. The van der Waals surface area contributed by atoms with Crippen LogP contribution < -0.4 is 0 Å². The SMILES string of the molecule is CCCCCc1cc(O)c(C(C)=O)c(O)c1. The molecule has 0 amide bonds. The molecule has 0 aliphatic heterocycles. The van der Waals surface area contributed by atoms with Crippen molar-refractivity contribution in [1.82, 2.24) is 0 Å². The first-order valence-corrected chi connectivity index (χ1v) is 5.62. The molecule has 0 aliphatic carbocycles. The van der Waals surface area contributed by atoms with E-state index < -0.39 is 0 Å². The van der Waals surface area contributed by atoms with Gasteiger partial charge in [0.05, 0.1) is 0 Å². The van der Waals surface area contributed by atoms with Crippen molar-refractivity contribution in [2.24, 2.45) is 0 Å². The summed E-state index contributed by atoms with van der Waals surface area (Å²) in [4.78, 5) is 11.1. The Labute approximate surface area is 95.7 Å². The maximum atomic E-state index is 11.1. The van der Waals surface area contributed by atoms with E-state index in [0.717, 1.165) is 31.2 Å². The van der Waals surface area contributed by atoms with Crippen LogP contribution in [0.3, 0.4) is 0 Å². The normalized spacial score (nSPS) is 10.4. The highest BCUT2D eigenvalue weighted by atomic mass is 16.3. The minimum absolute atomic E-state index is 0.0132. The van der Waals surface area contributed by atoms with Crippen LogP contribution in [0.15, 0.2) is 12.1 Å². The smallest absolute Gasteiger partial charge is 0.167 e. The summed E-state index contributed by atoms with van der Waals surface area (Å²) < 4.78 is 0. The Morgan fingerprint density at radius 3 is 2.19 bits per heavy atom. The number of Topliss-reactive ketones (excluding diaryl/α,β-unsaturated/α-hetero) is 1. The Morgan fingerprint density at radius 1 is 1.19 bits per heavy atom. The highest BCUT2D eigenvalue weighted by molar-refractivity contribution is 5.99. The first kappa shape index (κ1) is 12.6. The fraction of sp³-hybridized carbons (Fsp3) is 0.462. The van der Waals surface area contributed by atoms with E-state index in [2.05, 4.69) is 6.92 Å². The minimum Gasteiger partial charge on any atom is -0.507 e. The van der Waals surface area contributed by atoms with Gasteiger partial charge < -0.3 is 10.2 Å². The number of phenolic OH excluding ortho intramolecular Hbond substituents is 2. The van der Waals surface area contributed by atoms with Crippen molar-refractivity contribution >= 4 is 5.78 Å². The second kappa shape index (κ2) is 5.54. The second-order valence-corrected chi connectivity index (χ2v) is 4.02. The Hall–Kier alpha value is -1.51. The molecular formula is C13H18O3. The lowest BCUT2D eigenvalue weighted by Crippen LogP contribution is -1.95. The molecule has 0 bridgehead atoms. The third kappa shape index (κ3) is 2.99. The molecule has 0 atom stereocenters. The van der Waals surface area contributed by atoms with Crippen molar-refractivity contribution in [3.05, 3.63) is 23.3 Å². The van der Waals surface area contributed by atoms with Crippen LogP contribution >= 0.6 is 0 Å². The van der Waals surface area contributed by atoms with Crippen molar-refractivity contribution in [1.29, 1.82) is 0 Å². The highest BCUT2D eigenvalue weighted by Crippen LogP contribution is 2.29. The molecule has 0 saturated carbocycles. The molecule has 16 heavy (non-hydrogen) atoms. The number of aryl methyl sites for hydroxylation is 1. The predicted molar refractivity (Wildman–Crippen MR) is 63.0 cm³/mol. The van der Waals surface area contributed by atoms with Crippen LogP contribution in [0, 0.1) is 0 Å². The van der Waals surface area contributed by atoms with Crippen LogP contribution in [0.4, 0.5) is 0 Å². The van der Waals surface area contributed by atoms with E-state index in [9.17, 15) is 15.0 Å². The third-order valence-corrected chi connectivity index (χ3v) is 2.58. The van der Waals surface area contributed by atoms with Gasteiger partial charge in [-0.25, -0.2) is 0 Å². The van der Waals surface area contributed by atoms with Crippen LogP contribution in [0.5, 0.6) is 11.5 Å². The highest BCUT2D eigenvalue weighted by Gasteiger charge is 2.13. The molecule has 1 aromatic rings. The Bertz CT molecular complexity index is 360. The number of carbonyl (C=O) groups excluding carboxylic acids is 1. The molecule has 2 N–H and O–H groups in total. The topological polar surface area (TPSA) is 57.5 Å². The molecule has 0 aliphatic rings. The third-order valence-electron chi connectivity index (χ3n) is 2.58. The quantitative estimate of drug-likeness (QED) is 0.594. The zero-order valence-electron chi connectivity index (χ0n) is 9.79. The van der Waals surface area contributed by atoms with Gasteiger partial charge in [0.2, 0.25) is 0 Å². The number of unbranched alkanes of at least 4 members (excludes halogenated alkanes) is 2. The van der Waals surface area contributed by atoms with Gasteiger partial charge >= 0.3 is 0 Å². The summed E-state index contributed by atoms with van der Waals surface area (Å²) >= 11 is 0. The van der Waals surface area contributed by atoms with E-state index in [-0.39, 0.29) is 22.8 Å². The van der Waals surface area contributed by atoms with Gasteiger partial charge in [0.25, 0.3) is 0 Å². The number of carbonyl (C=O) groups is 1. The number of hydrogen-bond acceptors (Lipinski definition) is 3. The zero-order chi connectivity index (χ0) is 12.1. The first-order chi connectivity index (χ1) is 7.56. The van der Waals surface area contributed by atoms with Gasteiger partial charge in [-0.05, 0) is 37.5 Å². The number of phenols is 2. The molecule has 0 unspecified atom stereocenters. The van der Waals surface area contributed by atoms with Crippen molar-refractivity contribution in [2.45, 2.75) is 39.5 Å². The van der Waals surface area contributed by atoms with E-state index >= 15 is 0 Å². The average Bonchev–Trinajstić information content (AvgIpc) is 2.16. The molecule has 3 heteroatoms. The number of benzene rings is 1. The van der Waals surface area contributed by atoms with Crippen molar-refractivity contribution in [2.75, 3.05) is 0 Å². The van der Waals surface area contributed by atoms with Gasteiger partial charge in [-0.2, -0.15) is 0 Å². The number of hydrogen-bond donors (Lipinski definition) is 2. The van der Waals surface area contributed by atoms with Gasteiger partial charge in [-0.1, -0.05) is 19.8 Å². The number of rotatable bonds is 5. The maximum Gasteiger partial charge on any atom is 0.167 e. The molecule has 3 nitrogen and oxygen atoms in total. The summed E-state index contributed by atoms with van der Waals surface area (Å²) in [5.74, 6) is -0.576. The maximum absolute atomic E-state index is 11.1. The van der Waals surface area contributed by atoms with Gasteiger partial charge in [0.1, 0.15) is 17.1 Å². The van der Waals surface area contributed by atoms with Crippen LogP contribution in [-0.4, -0.2) is 16.0 Å². The van der Waals surface area contributed by atoms with E-state index in [0.29, 0.717) is 0 Å². The molecular weight excluding hydrogens is 204 g/mol. The summed E-state index contributed by atoms with van der Waals surface area (Å²) in [7, 11) is 0. The van der Waals surface area contributed by atoms with Gasteiger partial charge in [0, 0.05) is 0 Å². The Balaban J connectivity index is 2.87. The van der Waals surface area contributed by atoms with Gasteiger partial charge in [-0.3, -0.25) is 4.79 Å². The van der Waals surface area contributed by atoms with E-state index in [1.165, 1.54) is 6.92 Å². The van der Waals surface area contributed by atoms with E-state index in [1.807, 2.05) is 0 Å². The van der Waals surface area contributed by atoms with Crippen LogP contribution in [0.1, 0.15) is 49.0 Å². The van der Waals surface area contributed by atoms with Crippen LogP contribution in [0.2, 0.25) is 0 Å². The lowest BCUT2D eigenvalue weighted by molar-refractivity contribution is 0.101. The van der Waals surface area contributed by atoms with Crippen molar-refractivity contribution in [3.63, 3.8) is 0 Å². The predicted octanol–water partition coefficient (Wildman–Crippen LogP) is 3.03. The average molecular weight is 222 g/mol. The van der Waals surface area contributed by atoms with E-state index in [1.54, 1.807) is 12.1 Å². The molecule has 1 aromatic carbocycles. The molecule has 0 saturated heterocycles. The molecule has 0 spiro atoms. The molecule has 0 heterocycles. The van der Waals surface area contributed by atoms with Gasteiger partial charge in [0.15, 0.2) is 5.78 Å². The van der Waals surface area contributed by atoms with Crippen LogP contribution in [0.25, 0.3) is 0 Å². The fourth-order valence-electron chi connectivity index (χ4n) is 1.75. The molecule has 0 aromatic heterocycles. The second-order valence-electron chi connectivity index (χ2n) is 4.02. The molecule has 0 fully saturated rings. The Kier molecular flexibility index (Phi) is 4.35. The largest absolute Gasteiger partial charge is 0.507 e. The summed E-state index contributed by atoms with van der Waals surface area (Å²) in [6.45, 7) is 3.44. The van der Waals surface area contributed by atoms with Crippen molar-refractivity contribution < 1.29 is 15.0 Å². The number of aromatic hydroxyl groups is 2. The zero-order valence-corrected chi connectivity index (χ0v) is 9.79. The monoisotopic (exact) mass is 222 g/mol. The van der Waals surface area contributed by atoms with Crippen molar-refractivity contribution in [3.8, 4) is 11.5 Å². The fourth-order valence-corrected chi connectivity index (χ4v) is 1.75. The van der Waals surface area contributed by atoms with E-state index in [4.69, 9.17) is 0 Å². The summed E-state index contributed by atoms with van der Waals surface area (Å²) in [6.07, 6.45) is 4.08.